The van der Waals surface area contributed by atoms with Crippen molar-refractivity contribution in [2.24, 2.45) is 5.18 Å². The fraction of sp³-hybridized carbons (Fsp3) is 0.227. The van der Waals surface area contributed by atoms with Crippen molar-refractivity contribution < 1.29 is 14.5 Å². The van der Waals surface area contributed by atoms with E-state index in [1.807, 2.05) is 50.2 Å². The molecule has 0 radical (unpaired) electrons. The highest BCUT2D eigenvalue weighted by Crippen LogP contribution is 2.38. The third-order valence-electron chi connectivity index (χ3n) is 5.06. The number of aryl methyl sites for hydroxylation is 1. The van der Waals surface area contributed by atoms with Crippen molar-refractivity contribution in [2.45, 2.75) is 26.3 Å². The normalized spacial score (nSPS) is 11.7. The van der Waals surface area contributed by atoms with Gasteiger partial charge in [-0.1, -0.05) is 43.3 Å². The maximum atomic E-state index is 13.0. The molecule has 0 fully saturated rings. The van der Waals surface area contributed by atoms with Crippen LogP contribution in [-0.4, -0.2) is 17.9 Å². The van der Waals surface area contributed by atoms with Gasteiger partial charge in [-0.25, -0.2) is 0 Å². The molecule has 0 saturated carbocycles. The van der Waals surface area contributed by atoms with Gasteiger partial charge in [0, 0.05) is 11.6 Å². The van der Waals surface area contributed by atoms with Gasteiger partial charge in [0.15, 0.2) is 5.69 Å². The van der Waals surface area contributed by atoms with Crippen LogP contribution in [0.2, 0.25) is 0 Å². The first-order valence-corrected chi connectivity index (χ1v) is 9.40. The largest absolute Gasteiger partial charge is 0.489 e. The van der Waals surface area contributed by atoms with Crippen molar-refractivity contribution in [1.82, 2.24) is 5.32 Å². The summed E-state index contributed by atoms with van der Waals surface area (Å²) in [5.41, 5.74) is 1.19. The molecule has 0 saturated heterocycles. The first-order chi connectivity index (χ1) is 14.4. The number of nitroso groups, excluding NO2 is 1. The lowest BCUT2D eigenvalue weighted by Crippen LogP contribution is -2.29. The molecule has 3 rings (SSSR count). The van der Waals surface area contributed by atoms with Crippen LogP contribution in [0.4, 0.5) is 11.4 Å². The number of carbonyl (C=O) groups excluding carboxylic acids is 1. The molecule has 0 spiro atoms. The van der Waals surface area contributed by atoms with Crippen LogP contribution in [0, 0.1) is 21.9 Å². The van der Waals surface area contributed by atoms with E-state index >= 15 is 0 Å². The third-order valence-corrected chi connectivity index (χ3v) is 5.06. The van der Waals surface area contributed by atoms with E-state index in [9.17, 15) is 19.8 Å². The molecule has 154 valence electrons. The summed E-state index contributed by atoms with van der Waals surface area (Å²) in [4.78, 5) is 34.8. The summed E-state index contributed by atoms with van der Waals surface area (Å²) in [6, 6.07) is 13.9. The summed E-state index contributed by atoms with van der Waals surface area (Å²) in [7, 11) is 1.20. The lowest BCUT2D eigenvalue weighted by atomic mass is 9.92. The Labute approximate surface area is 173 Å². The summed E-state index contributed by atoms with van der Waals surface area (Å²) in [6.07, 6.45) is 0.609. The van der Waals surface area contributed by atoms with Crippen LogP contribution in [0.3, 0.4) is 0 Å². The quantitative estimate of drug-likeness (QED) is 0.323. The fourth-order valence-electron chi connectivity index (χ4n) is 3.63. The van der Waals surface area contributed by atoms with Crippen LogP contribution in [0.15, 0.2) is 53.7 Å². The van der Waals surface area contributed by atoms with Crippen LogP contribution in [0.5, 0.6) is 5.75 Å². The van der Waals surface area contributed by atoms with E-state index in [1.54, 1.807) is 0 Å². The van der Waals surface area contributed by atoms with Gasteiger partial charge >= 0.3 is 5.69 Å². The molecule has 3 aromatic rings. The molecule has 8 nitrogen and oxygen atoms in total. The summed E-state index contributed by atoms with van der Waals surface area (Å²) in [5, 5.41) is 19.2. The third kappa shape index (κ3) is 3.84. The number of fused-ring (bicyclic) bond motifs is 1. The molecule has 3 aromatic carbocycles. The Bertz CT molecular complexity index is 1140. The van der Waals surface area contributed by atoms with Crippen LogP contribution in [0.1, 0.15) is 40.9 Å². The first kappa shape index (κ1) is 20.9. The molecule has 0 unspecified atom stereocenters. The molecule has 0 heterocycles. The van der Waals surface area contributed by atoms with E-state index in [4.69, 9.17) is 4.74 Å². The highest BCUT2D eigenvalue weighted by atomic mass is 16.6. The maximum absolute atomic E-state index is 13.0. The number of hydrogen-bond donors (Lipinski definition) is 1. The van der Waals surface area contributed by atoms with Crippen molar-refractivity contribution in [1.29, 1.82) is 0 Å². The summed E-state index contributed by atoms with van der Waals surface area (Å²) in [5.74, 6) is -0.812. The molecule has 1 atom stereocenters. The molecule has 0 aliphatic rings. The standard InChI is InChI=1S/C22H21N3O5/c1-4-17(20-13(2)9-10-14-7-5-6-8-16(14)20)23-22(26)15-11-18(24-27)21(30-3)19(12-15)25(28)29/h5-12,17H,4H2,1-3H3,(H,23,26)/t17-/m0/s1. The molecule has 1 N–H and O–H groups in total. The van der Waals surface area contributed by atoms with Gasteiger partial charge in [-0.2, -0.15) is 0 Å². The second kappa shape index (κ2) is 8.69. The van der Waals surface area contributed by atoms with Crippen LogP contribution in [-0.2, 0) is 0 Å². The Kier molecular flexibility index (Phi) is 6.06. The van der Waals surface area contributed by atoms with Gasteiger partial charge in [0.1, 0.15) is 0 Å². The minimum atomic E-state index is -0.712. The summed E-state index contributed by atoms with van der Waals surface area (Å²) < 4.78 is 4.93. The van der Waals surface area contributed by atoms with Gasteiger partial charge in [-0.05, 0) is 46.5 Å². The lowest BCUT2D eigenvalue weighted by molar-refractivity contribution is -0.385. The number of carbonyl (C=O) groups is 1. The number of nitro benzene ring substituents is 1. The average molecular weight is 407 g/mol. The van der Waals surface area contributed by atoms with E-state index in [0.717, 1.165) is 28.0 Å². The zero-order chi connectivity index (χ0) is 21.8. The van der Waals surface area contributed by atoms with Gasteiger partial charge in [-0.3, -0.25) is 14.9 Å². The molecule has 0 bridgehead atoms. The van der Waals surface area contributed by atoms with Crippen LogP contribution in [0.25, 0.3) is 10.8 Å². The Hall–Kier alpha value is -3.81. The van der Waals surface area contributed by atoms with E-state index < -0.39 is 16.5 Å². The van der Waals surface area contributed by atoms with Crippen LogP contribution < -0.4 is 10.1 Å². The molecular weight excluding hydrogens is 386 g/mol. The number of amides is 1. The van der Waals surface area contributed by atoms with Gasteiger partial charge in [-0.15, -0.1) is 4.91 Å². The van der Waals surface area contributed by atoms with E-state index in [2.05, 4.69) is 10.5 Å². The molecule has 1 amide bonds. The number of ether oxygens (including phenoxy) is 1. The highest BCUT2D eigenvalue weighted by molar-refractivity contribution is 5.97. The fourth-order valence-corrected chi connectivity index (χ4v) is 3.63. The monoisotopic (exact) mass is 407 g/mol. The minimum Gasteiger partial charge on any atom is -0.489 e. The van der Waals surface area contributed by atoms with Crippen molar-refractivity contribution in [3.05, 3.63) is 80.2 Å². The maximum Gasteiger partial charge on any atom is 0.314 e. The topological polar surface area (TPSA) is 111 Å². The van der Waals surface area contributed by atoms with E-state index in [0.29, 0.717) is 6.42 Å². The lowest BCUT2D eigenvalue weighted by Gasteiger charge is -2.22. The summed E-state index contributed by atoms with van der Waals surface area (Å²) >= 11 is 0. The highest BCUT2D eigenvalue weighted by Gasteiger charge is 2.25. The number of methoxy groups -OCH3 is 1. The first-order valence-electron chi connectivity index (χ1n) is 9.40. The molecule has 0 aliphatic heterocycles. The zero-order valence-corrected chi connectivity index (χ0v) is 16.8. The Morgan fingerprint density at radius 3 is 2.60 bits per heavy atom. The SMILES string of the molecule is CC[C@H](NC(=O)c1cc(N=O)c(OC)c([N+](=O)[O-])c1)c1c(C)ccc2ccccc12. The Balaban J connectivity index is 2.03. The molecule has 0 aliphatic carbocycles. The predicted octanol–water partition coefficient (Wildman–Crippen LogP) is 5.34. The van der Waals surface area contributed by atoms with Crippen LogP contribution >= 0.6 is 0 Å². The van der Waals surface area contributed by atoms with Crippen molar-refractivity contribution in [3.8, 4) is 5.75 Å². The number of nitrogens with zero attached hydrogens (tertiary/aromatic N) is 2. The number of nitro groups is 1. The van der Waals surface area contributed by atoms with E-state index in [-0.39, 0.29) is 23.0 Å². The number of benzene rings is 3. The van der Waals surface area contributed by atoms with Gasteiger partial charge in [0.05, 0.1) is 18.1 Å². The molecule has 8 heteroatoms. The Morgan fingerprint density at radius 1 is 1.23 bits per heavy atom. The second-order valence-corrected chi connectivity index (χ2v) is 6.85. The second-order valence-electron chi connectivity index (χ2n) is 6.85. The smallest absolute Gasteiger partial charge is 0.314 e. The van der Waals surface area contributed by atoms with Crippen molar-refractivity contribution in [3.63, 3.8) is 0 Å². The average Bonchev–Trinajstić information content (AvgIpc) is 2.76. The van der Waals surface area contributed by atoms with Gasteiger partial charge in [0.2, 0.25) is 5.75 Å². The summed E-state index contributed by atoms with van der Waals surface area (Å²) in [6.45, 7) is 3.92. The van der Waals surface area contributed by atoms with Gasteiger partial charge in [0.25, 0.3) is 5.91 Å². The zero-order valence-electron chi connectivity index (χ0n) is 16.8. The van der Waals surface area contributed by atoms with Gasteiger partial charge < -0.3 is 10.1 Å². The van der Waals surface area contributed by atoms with E-state index in [1.165, 1.54) is 13.2 Å². The minimum absolute atomic E-state index is 0.0339. The number of hydrogen-bond acceptors (Lipinski definition) is 6. The number of rotatable bonds is 7. The predicted molar refractivity (Wildman–Crippen MR) is 114 cm³/mol. The van der Waals surface area contributed by atoms with Crippen molar-refractivity contribution >= 4 is 28.1 Å². The number of nitrogens with one attached hydrogen (secondary N) is 1. The van der Waals surface area contributed by atoms with Crippen molar-refractivity contribution in [2.75, 3.05) is 7.11 Å². The molecule has 0 aromatic heterocycles. The molecule has 30 heavy (non-hydrogen) atoms. The Morgan fingerprint density at radius 2 is 1.97 bits per heavy atom. The molecular formula is C22H21N3O5.